The summed E-state index contributed by atoms with van der Waals surface area (Å²) in [6.45, 7) is 0.369. The second-order valence-corrected chi connectivity index (χ2v) is 4.27. The van der Waals surface area contributed by atoms with E-state index in [1.54, 1.807) is 7.11 Å². The second kappa shape index (κ2) is 4.77. The first-order chi connectivity index (χ1) is 7.31. The molecule has 2 heteroatoms. The molecule has 0 radical (unpaired) electrons. The number of hydrogen-bond donors (Lipinski definition) is 1. The molecule has 0 aliphatic heterocycles. The molecular weight excluding hydrogens is 188 g/mol. The number of benzene rings is 1. The fourth-order valence-corrected chi connectivity index (χ4v) is 2.02. The molecule has 0 heterocycles. The summed E-state index contributed by atoms with van der Waals surface area (Å²) in [4.78, 5) is 0. The van der Waals surface area contributed by atoms with Crippen LogP contribution in [-0.4, -0.2) is 18.8 Å². The van der Waals surface area contributed by atoms with Crippen LogP contribution in [0.1, 0.15) is 42.4 Å². The molecule has 0 saturated heterocycles. The third-order valence-electron chi connectivity index (χ3n) is 3.20. The molecule has 82 valence electrons. The normalized spacial score (nSPS) is 18.5. The van der Waals surface area contributed by atoms with Crippen molar-refractivity contribution in [1.82, 2.24) is 0 Å². The predicted octanol–water partition coefficient (Wildman–Crippen LogP) is 2.63. The van der Waals surface area contributed by atoms with E-state index in [-0.39, 0.29) is 0 Å². The molecule has 1 N–H and O–H groups in total. The van der Waals surface area contributed by atoms with Gasteiger partial charge in [0.2, 0.25) is 0 Å². The summed E-state index contributed by atoms with van der Waals surface area (Å²) >= 11 is 0. The predicted molar refractivity (Wildman–Crippen MR) is 59.9 cm³/mol. The van der Waals surface area contributed by atoms with Gasteiger partial charge in [0.1, 0.15) is 6.10 Å². The average molecular weight is 206 g/mol. The maximum Gasteiger partial charge on any atom is 0.102 e. The van der Waals surface area contributed by atoms with Crippen LogP contribution in [0.3, 0.4) is 0 Å². The van der Waals surface area contributed by atoms with E-state index in [9.17, 15) is 5.11 Å². The van der Waals surface area contributed by atoms with Crippen LogP contribution in [0.4, 0.5) is 0 Å². The Balaban J connectivity index is 2.10. The molecule has 0 spiro atoms. The minimum atomic E-state index is -0.491. The van der Waals surface area contributed by atoms with E-state index < -0.39 is 6.10 Å². The third-order valence-corrected chi connectivity index (χ3v) is 3.20. The Morgan fingerprint density at radius 2 is 2.27 bits per heavy atom. The lowest BCUT2D eigenvalue weighted by molar-refractivity contribution is 0.0643. The number of ether oxygens (including phenoxy) is 1. The minimum absolute atomic E-state index is 0.369. The standard InChI is InChI=1S/C13H18O2/c1-15-9-13(14)12-7-3-6-11(8-12)10-4-2-5-10/h3,6-8,10,13-14H,2,4-5,9H2,1H3. The Labute approximate surface area is 90.9 Å². The van der Waals surface area contributed by atoms with Gasteiger partial charge in [0.05, 0.1) is 6.61 Å². The van der Waals surface area contributed by atoms with Gasteiger partial charge in [-0.15, -0.1) is 0 Å². The summed E-state index contributed by atoms with van der Waals surface area (Å²) in [5.41, 5.74) is 2.34. The smallest absolute Gasteiger partial charge is 0.102 e. The lowest BCUT2D eigenvalue weighted by Gasteiger charge is -2.26. The molecule has 0 bridgehead atoms. The number of methoxy groups -OCH3 is 1. The van der Waals surface area contributed by atoms with Crippen LogP contribution >= 0.6 is 0 Å². The molecule has 1 fully saturated rings. The molecule has 1 aliphatic carbocycles. The zero-order valence-electron chi connectivity index (χ0n) is 9.15. The Hall–Kier alpha value is -0.860. The SMILES string of the molecule is COCC(O)c1cccc(C2CCC2)c1. The first-order valence-corrected chi connectivity index (χ1v) is 5.58. The van der Waals surface area contributed by atoms with Crippen LogP contribution in [0.15, 0.2) is 24.3 Å². The van der Waals surface area contributed by atoms with Crippen molar-refractivity contribution >= 4 is 0 Å². The van der Waals surface area contributed by atoms with Crippen molar-refractivity contribution in [2.24, 2.45) is 0 Å². The van der Waals surface area contributed by atoms with Gasteiger partial charge in [0.15, 0.2) is 0 Å². The molecule has 2 nitrogen and oxygen atoms in total. The van der Waals surface area contributed by atoms with Gasteiger partial charge in [-0.25, -0.2) is 0 Å². The van der Waals surface area contributed by atoms with Crippen LogP contribution in [0.25, 0.3) is 0 Å². The summed E-state index contributed by atoms with van der Waals surface area (Å²) in [5, 5.41) is 9.79. The molecule has 1 aromatic rings. The molecular formula is C13H18O2. The van der Waals surface area contributed by atoms with Crippen molar-refractivity contribution < 1.29 is 9.84 Å². The highest BCUT2D eigenvalue weighted by atomic mass is 16.5. The second-order valence-electron chi connectivity index (χ2n) is 4.27. The zero-order valence-corrected chi connectivity index (χ0v) is 9.15. The molecule has 2 rings (SSSR count). The van der Waals surface area contributed by atoms with E-state index in [1.165, 1.54) is 24.8 Å². The van der Waals surface area contributed by atoms with E-state index in [1.807, 2.05) is 12.1 Å². The van der Waals surface area contributed by atoms with E-state index in [4.69, 9.17) is 4.74 Å². The Kier molecular flexibility index (Phi) is 3.39. The van der Waals surface area contributed by atoms with Gasteiger partial charge in [0.25, 0.3) is 0 Å². The third kappa shape index (κ3) is 2.39. The number of aliphatic hydroxyl groups is 1. The lowest BCUT2D eigenvalue weighted by Crippen LogP contribution is -2.10. The van der Waals surface area contributed by atoms with Crippen LogP contribution in [0, 0.1) is 0 Å². The van der Waals surface area contributed by atoms with E-state index in [2.05, 4.69) is 12.1 Å². The molecule has 15 heavy (non-hydrogen) atoms. The molecule has 1 aromatic carbocycles. The highest BCUT2D eigenvalue weighted by molar-refractivity contribution is 5.29. The quantitative estimate of drug-likeness (QED) is 0.820. The van der Waals surface area contributed by atoms with Crippen LogP contribution < -0.4 is 0 Å². The van der Waals surface area contributed by atoms with Gasteiger partial charge in [-0.3, -0.25) is 0 Å². The molecule has 1 aliphatic rings. The molecule has 1 unspecified atom stereocenters. The Morgan fingerprint density at radius 1 is 1.47 bits per heavy atom. The van der Waals surface area contributed by atoms with Gasteiger partial charge in [-0.05, 0) is 29.9 Å². The molecule has 1 atom stereocenters. The minimum Gasteiger partial charge on any atom is -0.386 e. The molecule has 1 saturated carbocycles. The average Bonchev–Trinajstić information content (AvgIpc) is 2.16. The summed E-state index contributed by atoms with van der Waals surface area (Å²) in [6.07, 6.45) is 3.44. The van der Waals surface area contributed by atoms with E-state index in [0.717, 1.165) is 11.5 Å². The van der Waals surface area contributed by atoms with E-state index >= 15 is 0 Å². The fraction of sp³-hybridized carbons (Fsp3) is 0.538. The van der Waals surface area contributed by atoms with Crippen LogP contribution in [0.2, 0.25) is 0 Å². The highest BCUT2D eigenvalue weighted by Gasteiger charge is 2.20. The maximum absolute atomic E-state index is 9.79. The lowest BCUT2D eigenvalue weighted by atomic mass is 9.79. The topological polar surface area (TPSA) is 29.5 Å². The monoisotopic (exact) mass is 206 g/mol. The van der Waals surface area contributed by atoms with E-state index in [0.29, 0.717) is 6.61 Å². The van der Waals surface area contributed by atoms with Crippen LogP contribution in [-0.2, 0) is 4.74 Å². The van der Waals surface area contributed by atoms with Crippen molar-refractivity contribution in [3.05, 3.63) is 35.4 Å². The summed E-state index contributed by atoms with van der Waals surface area (Å²) in [5.74, 6) is 0.722. The Morgan fingerprint density at radius 3 is 2.87 bits per heavy atom. The van der Waals surface area contributed by atoms with Gasteiger partial charge < -0.3 is 9.84 Å². The Bertz CT molecular complexity index is 318. The first-order valence-electron chi connectivity index (χ1n) is 5.58. The largest absolute Gasteiger partial charge is 0.386 e. The van der Waals surface area contributed by atoms with Crippen molar-refractivity contribution in [3.8, 4) is 0 Å². The van der Waals surface area contributed by atoms with Crippen molar-refractivity contribution in [3.63, 3.8) is 0 Å². The summed E-state index contributed by atoms with van der Waals surface area (Å²) in [7, 11) is 1.61. The fourth-order valence-electron chi connectivity index (χ4n) is 2.02. The number of aliphatic hydroxyl groups excluding tert-OH is 1. The molecule has 0 aromatic heterocycles. The van der Waals surface area contributed by atoms with Crippen LogP contribution in [0.5, 0.6) is 0 Å². The van der Waals surface area contributed by atoms with Gasteiger partial charge in [-0.2, -0.15) is 0 Å². The van der Waals surface area contributed by atoms with Crippen molar-refractivity contribution in [2.45, 2.75) is 31.3 Å². The zero-order chi connectivity index (χ0) is 10.7. The number of hydrogen-bond acceptors (Lipinski definition) is 2. The first kappa shape index (κ1) is 10.7. The highest BCUT2D eigenvalue weighted by Crippen LogP contribution is 2.36. The number of rotatable bonds is 4. The molecule has 0 amide bonds. The van der Waals surface area contributed by atoms with Gasteiger partial charge >= 0.3 is 0 Å². The van der Waals surface area contributed by atoms with Crippen molar-refractivity contribution in [1.29, 1.82) is 0 Å². The maximum atomic E-state index is 9.79. The van der Waals surface area contributed by atoms with Gasteiger partial charge in [0, 0.05) is 7.11 Å². The van der Waals surface area contributed by atoms with Crippen molar-refractivity contribution in [2.75, 3.05) is 13.7 Å². The van der Waals surface area contributed by atoms with Gasteiger partial charge in [-0.1, -0.05) is 30.7 Å². The summed E-state index contributed by atoms with van der Waals surface area (Å²) in [6, 6.07) is 8.27. The summed E-state index contributed by atoms with van der Waals surface area (Å²) < 4.78 is 4.95.